The van der Waals surface area contributed by atoms with Gasteiger partial charge in [-0.2, -0.15) is 0 Å². The molecule has 0 aromatic carbocycles. The first-order valence-corrected chi connectivity index (χ1v) is 4.13. The molecule has 0 aliphatic carbocycles. The zero-order chi connectivity index (χ0) is 8.74. The maximum Gasteiger partial charge on any atom is 0.0590 e. The van der Waals surface area contributed by atoms with Crippen molar-refractivity contribution in [3.8, 4) is 0 Å². The molecule has 0 saturated heterocycles. The van der Waals surface area contributed by atoms with Crippen molar-refractivity contribution in [3.05, 3.63) is 0 Å². The summed E-state index contributed by atoms with van der Waals surface area (Å²) in [6.45, 7) is 9.27. The van der Waals surface area contributed by atoms with Crippen molar-refractivity contribution in [3.63, 3.8) is 0 Å². The molecule has 3 heteroatoms. The molecule has 0 fully saturated rings. The van der Waals surface area contributed by atoms with Gasteiger partial charge in [-0.05, 0) is 20.8 Å². The number of hydrogen-bond donors (Lipinski definition) is 2. The van der Waals surface area contributed by atoms with Gasteiger partial charge in [-0.15, -0.1) is 0 Å². The van der Waals surface area contributed by atoms with E-state index in [-0.39, 0.29) is 5.54 Å². The minimum Gasteiger partial charge on any atom is -0.380 e. The number of rotatable bonds is 6. The fourth-order valence-corrected chi connectivity index (χ4v) is 0.699. The van der Waals surface area contributed by atoms with Gasteiger partial charge in [-0.1, -0.05) is 0 Å². The third kappa shape index (κ3) is 9.88. The van der Waals surface area contributed by atoms with E-state index in [9.17, 15) is 0 Å². The predicted octanol–water partition coefficient (Wildman–Crippen LogP) is 0.350. The lowest BCUT2D eigenvalue weighted by molar-refractivity contribution is 0.148. The molecule has 11 heavy (non-hydrogen) atoms. The fourth-order valence-electron chi connectivity index (χ4n) is 0.699. The van der Waals surface area contributed by atoms with Crippen molar-refractivity contribution in [1.82, 2.24) is 5.32 Å². The second kappa shape index (κ2) is 5.52. The Morgan fingerprint density at radius 2 is 2.09 bits per heavy atom. The van der Waals surface area contributed by atoms with E-state index in [0.29, 0.717) is 0 Å². The number of nitrogens with one attached hydrogen (secondary N) is 1. The maximum absolute atomic E-state index is 5.75. The van der Waals surface area contributed by atoms with Gasteiger partial charge in [0.05, 0.1) is 6.61 Å². The van der Waals surface area contributed by atoms with Gasteiger partial charge < -0.3 is 15.8 Å². The van der Waals surface area contributed by atoms with E-state index in [1.165, 1.54) is 0 Å². The average molecular weight is 160 g/mol. The molecule has 0 heterocycles. The zero-order valence-electron chi connectivity index (χ0n) is 7.81. The van der Waals surface area contributed by atoms with E-state index < -0.39 is 0 Å². The molecule has 68 valence electrons. The molecule has 0 atom stereocenters. The van der Waals surface area contributed by atoms with Crippen molar-refractivity contribution < 1.29 is 4.74 Å². The highest BCUT2D eigenvalue weighted by Crippen LogP contribution is 1.91. The van der Waals surface area contributed by atoms with Crippen LogP contribution < -0.4 is 11.1 Å². The summed E-state index contributed by atoms with van der Waals surface area (Å²) in [7, 11) is 0. The Labute approximate surface area is 69.3 Å². The van der Waals surface area contributed by atoms with Crippen LogP contribution in [0.25, 0.3) is 0 Å². The molecule has 0 spiro atoms. The van der Waals surface area contributed by atoms with E-state index in [1.54, 1.807) is 0 Å². The molecular formula is C8H20N2O. The lowest BCUT2D eigenvalue weighted by Crippen LogP contribution is -2.43. The van der Waals surface area contributed by atoms with Gasteiger partial charge in [0.2, 0.25) is 0 Å². The number of ether oxygens (including phenoxy) is 1. The molecule has 0 aromatic heterocycles. The van der Waals surface area contributed by atoms with E-state index in [2.05, 4.69) is 5.32 Å². The summed E-state index contributed by atoms with van der Waals surface area (Å²) in [4.78, 5) is 0. The van der Waals surface area contributed by atoms with Gasteiger partial charge in [-0.3, -0.25) is 0 Å². The van der Waals surface area contributed by atoms with Crippen LogP contribution in [0.2, 0.25) is 0 Å². The van der Waals surface area contributed by atoms with Crippen LogP contribution >= 0.6 is 0 Å². The molecule has 0 bridgehead atoms. The summed E-state index contributed by atoms with van der Waals surface area (Å²) >= 11 is 0. The molecule has 3 nitrogen and oxygen atoms in total. The van der Waals surface area contributed by atoms with Crippen molar-refractivity contribution in [1.29, 1.82) is 0 Å². The minimum atomic E-state index is -0.119. The van der Waals surface area contributed by atoms with Crippen LogP contribution in [0.5, 0.6) is 0 Å². The van der Waals surface area contributed by atoms with Crippen LogP contribution in [0.3, 0.4) is 0 Å². The molecule has 0 aliphatic heterocycles. The summed E-state index contributed by atoms with van der Waals surface area (Å²) in [5, 5.41) is 3.21. The summed E-state index contributed by atoms with van der Waals surface area (Å²) in [6, 6.07) is 0. The SMILES string of the molecule is CCOCCNCC(C)(C)N. The second-order valence-corrected chi connectivity index (χ2v) is 3.36. The maximum atomic E-state index is 5.75. The Bertz CT molecular complexity index is 88.6. The molecular weight excluding hydrogens is 140 g/mol. The number of nitrogens with two attached hydrogens (primary N) is 1. The number of hydrogen-bond acceptors (Lipinski definition) is 3. The molecule has 0 aromatic rings. The van der Waals surface area contributed by atoms with Crippen LogP contribution in [0.15, 0.2) is 0 Å². The van der Waals surface area contributed by atoms with Crippen LogP contribution in [0.1, 0.15) is 20.8 Å². The highest BCUT2D eigenvalue weighted by Gasteiger charge is 2.08. The Morgan fingerprint density at radius 3 is 2.55 bits per heavy atom. The molecule has 3 N–H and O–H groups in total. The van der Waals surface area contributed by atoms with Gasteiger partial charge in [0.1, 0.15) is 0 Å². The van der Waals surface area contributed by atoms with Crippen LogP contribution in [0.4, 0.5) is 0 Å². The topological polar surface area (TPSA) is 47.3 Å². The van der Waals surface area contributed by atoms with Gasteiger partial charge in [0.15, 0.2) is 0 Å². The average Bonchev–Trinajstić information content (AvgIpc) is 1.85. The molecule has 0 saturated carbocycles. The van der Waals surface area contributed by atoms with Crippen LogP contribution in [0, 0.1) is 0 Å². The standard InChI is InChI=1S/C8H20N2O/c1-4-11-6-5-10-7-8(2,3)9/h10H,4-7,9H2,1-3H3. The van der Waals surface area contributed by atoms with Crippen LogP contribution in [-0.4, -0.2) is 31.8 Å². The minimum absolute atomic E-state index is 0.119. The fraction of sp³-hybridized carbons (Fsp3) is 1.00. The first kappa shape index (κ1) is 10.9. The van der Waals surface area contributed by atoms with Gasteiger partial charge in [0.25, 0.3) is 0 Å². The van der Waals surface area contributed by atoms with E-state index >= 15 is 0 Å². The second-order valence-electron chi connectivity index (χ2n) is 3.36. The molecule has 0 unspecified atom stereocenters. The Balaban J connectivity index is 3.02. The zero-order valence-corrected chi connectivity index (χ0v) is 7.81. The van der Waals surface area contributed by atoms with Crippen molar-refractivity contribution in [2.75, 3.05) is 26.3 Å². The lowest BCUT2D eigenvalue weighted by atomic mass is 10.1. The Hall–Kier alpha value is -0.120. The van der Waals surface area contributed by atoms with Gasteiger partial charge in [0, 0.05) is 25.2 Å². The van der Waals surface area contributed by atoms with Gasteiger partial charge in [-0.25, -0.2) is 0 Å². The molecule has 0 rings (SSSR count). The predicted molar refractivity (Wildman–Crippen MR) is 47.6 cm³/mol. The van der Waals surface area contributed by atoms with Crippen molar-refractivity contribution >= 4 is 0 Å². The highest BCUT2D eigenvalue weighted by atomic mass is 16.5. The molecule has 0 aliphatic rings. The van der Waals surface area contributed by atoms with Crippen molar-refractivity contribution in [2.24, 2.45) is 5.73 Å². The summed E-state index contributed by atoms with van der Waals surface area (Å²) in [5.74, 6) is 0. The van der Waals surface area contributed by atoms with Crippen molar-refractivity contribution in [2.45, 2.75) is 26.3 Å². The normalized spacial score (nSPS) is 12.0. The smallest absolute Gasteiger partial charge is 0.0590 e. The van der Waals surface area contributed by atoms with E-state index in [4.69, 9.17) is 10.5 Å². The van der Waals surface area contributed by atoms with Crippen LogP contribution in [-0.2, 0) is 4.74 Å². The summed E-state index contributed by atoms with van der Waals surface area (Å²) < 4.78 is 5.14. The highest BCUT2D eigenvalue weighted by molar-refractivity contribution is 4.74. The quantitative estimate of drug-likeness (QED) is 0.551. The Morgan fingerprint density at radius 1 is 1.45 bits per heavy atom. The third-order valence-corrected chi connectivity index (χ3v) is 1.21. The first-order chi connectivity index (χ1) is 5.06. The van der Waals surface area contributed by atoms with Gasteiger partial charge >= 0.3 is 0 Å². The third-order valence-electron chi connectivity index (χ3n) is 1.21. The lowest BCUT2D eigenvalue weighted by Gasteiger charge is -2.18. The van der Waals surface area contributed by atoms with E-state index in [1.807, 2.05) is 20.8 Å². The Kier molecular flexibility index (Phi) is 5.46. The first-order valence-electron chi connectivity index (χ1n) is 4.13. The summed E-state index contributed by atoms with van der Waals surface area (Å²) in [6.07, 6.45) is 0. The monoisotopic (exact) mass is 160 g/mol. The summed E-state index contributed by atoms with van der Waals surface area (Å²) in [5.41, 5.74) is 5.63. The largest absolute Gasteiger partial charge is 0.380 e. The molecule has 0 amide bonds. The van der Waals surface area contributed by atoms with E-state index in [0.717, 1.165) is 26.3 Å². The molecule has 0 radical (unpaired) electrons.